The van der Waals surface area contributed by atoms with Crippen LogP contribution >= 0.6 is 0 Å². The van der Waals surface area contributed by atoms with Gasteiger partial charge in [0.25, 0.3) is 0 Å². The van der Waals surface area contributed by atoms with Gasteiger partial charge in [0, 0.05) is 25.8 Å². The Morgan fingerprint density at radius 3 is 2.65 bits per heavy atom. The Bertz CT molecular complexity index is 712. The number of methoxy groups -OCH3 is 2. The van der Waals surface area contributed by atoms with Crippen LogP contribution in [-0.4, -0.2) is 49.6 Å². The van der Waals surface area contributed by atoms with E-state index in [9.17, 15) is 0 Å². The van der Waals surface area contributed by atoms with Gasteiger partial charge in [-0.1, -0.05) is 6.07 Å². The molecule has 0 radical (unpaired) electrons. The molecule has 0 aliphatic heterocycles. The first-order valence-corrected chi connectivity index (χ1v) is 8.88. The van der Waals surface area contributed by atoms with Gasteiger partial charge in [0.2, 0.25) is 0 Å². The lowest BCUT2D eigenvalue weighted by molar-refractivity contribution is 0.354. The lowest BCUT2D eigenvalue weighted by atomic mass is 10.1. The average Bonchev–Trinajstić information content (AvgIpc) is 3.06. The Labute approximate surface area is 155 Å². The zero-order chi connectivity index (χ0) is 18.8. The summed E-state index contributed by atoms with van der Waals surface area (Å²) in [7, 11) is 3.29. The second-order valence-electron chi connectivity index (χ2n) is 5.91. The third-order valence-corrected chi connectivity index (χ3v) is 3.86. The smallest absolute Gasteiger partial charge is 0.191 e. The van der Waals surface area contributed by atoms with Crippen molar-refractivity contribution < 1.29 is 9.47 Å². The number of ether oxygens (including phenoxy) is 2. The summed E-state index contributed by atoms with van der Waals surface area (Å²) in [6.07, 6.45) is 4.72. The predicted octanol–water partition coefficient (Wildman–Crippen LogP) is 2.01. The first-order valence-electron chi connectivity index (χ1n) is 8.88. The number of aliphatic imine (C=N–C) groups is 1. The Hall–Kier alpha value is -2.70. The summed E-state index contributed by atoms with van der Waals surface area (Å²) < 4.78 is 12.5. The van der Waals surface area contributed by atoms with Gasteiger partial charge in [-0.15, -0.1) is 0 Å². The van der Waals surface area contributed by atoms with Crippen LogP contribution in [0.15, 0.2) is 35.6 Å². The lowest BCUT2D eigenvalue weighted by Gasteiger charge is -2.12. The van der Waals surface area contributed by atoms with E-state index >= 15 is 0 Å². The number of benzene rings is 1. The van der Waals surface area contributed by atoms with Gasteiger partial charge in [-0.25, -0.2) is 0 Å². The zero-order valence-electron chi connectivity index (χ0n) is 16.1. The van der Waals surface area contributed by atoms with E-state index < -0.39 is 0 Å². The van der Waals surface area contributed by atoms with Crippen molar-refractivity contribution in [1.82, 2.24) is 20.4 Å². The van der Waals surface area contributed by atoms with Crippen LogP contribution in [0.25, 0.3) is 0 Å². The molecule has 142 valence electrons. The molecule has 0 bridgehead atoms. The third-order valence-electron chi connectivity index (χ3n) is 3.86. The van der Waals surface area contributed by atoms with Crippen LogP contribution in [0.2, 0.25) is 0 Å². The first kappa shape index (κ1) is 19.6. The molecule has 26 heavy (non-hydrogen) atoms. The number of hydrogen-bond donors (Lipinski definition) is 2. The fourth-order valence-corrected chi connectivity index (χ4v) is 2.55. The summed E-state index contributed by atoms with van der Waals surface area (Å²) in [6, 6.07) is 5.96. The highest BCUT2D eigenvalue weighted by Gasteiger charge is 2.04. The van der Waals surface area contributed by atoms with Crippen LogP contribution in [0.1, 0.15) is 18.1 Å². The molecule has 7 heteroatoms. The quantitative estimate of drug-likeness (QED) is 0.529. The van der Waals surface area contributed by atoms with Crippen molar-refractivity contribution in [3.8, 4) is 11.5 Å². The molecule has 0 aliphatic rings. The Kier molecular flexibility index (Phi) is 7.79. The van der Waals surface area contributed by atoms with Crippen LogP contribution < -0.4 is 20.1 Å². The fourth-order valence-electron chi connectivity index (χ4n) is 2.55. The van der Waals surface area contributed by atoms with Gasteiger partial charge < -0.3 is 20.1 Å². The van der Waals surface area contributed by atoms with Crippen molar-refractivity contribution in [1.29, 1.82) is 0 Å². The highest BCUT2D eigenvalue weighted by molar-refractivity contribution is 5.79. The second-order valence-corrected chi connectivity index (χ2v) is 5.91. The van der Waals surface area contributed by atoms with E-state index in [4.69, 9.17) is 9.47 Å². The number of guanidine groups is 1. The molecule has 0 unspecified atom stereocenters. The minimum atomic E-state index is 0.686. The topological polar surface area (TPSA) is 72.7 Å². The van der Waals surface area contributed by atoms with Gasteiger partial charge in [0.05, 0.1) is 27.0 Å². The monoisotopic (exact) mass is 359 g/mol. The fraction of sp³-hybridized carbons (Fsp3) is 0.474. The van der Waals surface area contributed by atoms with E-state index in [-0.39, 0.29) is 0 Å². The van der Waals surface area contributed by atoms with Crippen molar-refractivity contribution >= 4 is 5.96 Å². The number of rotatable bonds is 9. The molecule has 0 saturated heterocycles. The molecule has 0 spiro atoms. The van der Waals surface area contributed by atoms with Gasteiger partial charge in [-0.2, -0.15) is 5.10 Å². The van der Waals surface area contributed by atoms with Crippen LogP contribution in [0.3, 0.4) is 0 Å². The number of aromatic nitrogens is 2. The number of aryl methyl sites for hydroxylation is 1. The van der Waals surface area contributed by atoms with E-state index in [1.165, 1.54) is 5.56 Å². The largest absolute Gasteiger partial charge is 0.493 e. The lowest BCUT2D eigenvalue weighted by Crippen LogP contribution is -2.39. The molecule has 2 rings (SSSR count). The summed E-state index contributed by atoms with van der Waals surface area (Å²) in [6.45, 7) is 7.17. The van der Waals surface area contributed by atoms with Crippen LogP contribution in [-0.2, 0) is 13.0 Å². The van der Waals surface area contributed by atoms with Crippen molar-refractivity contribution in [2.24, 2.45) is 4.99 Å². The highest BCUT2D eigenvalue weighted by atomic mass is 16.5. The van der Waals surface area contributed by atoms with Gasteiger partial charge in [-0.05, 0) is 43.5 Å². The molecule has 1 aromatic carbocycles. The van der Waals surface area contributed by atoms with E-state index in [0.29, 0.717) is 6.54 Å². The van der Waals surface area contributed by atoms with Crippen molar-refractivity contribution in [3.63, 3.8) is 0 Å². The number of nitrogens with one attached hydrogen (secondary N) is 2. The summed E-state index contributed by atoms with van der Waals surface area (Å²) in [5.74, 6) is 2.30. The van der Waals surface area contributed by atoms with E-state index in [0.717, 1.165) is 49.1 Å². The molecular formula is C19H29N5O2. The van der Waals surface area contributed by atoms with Crippen molar-refractivity contribution in [3.05, 3.63) is 41.7 Å². The molecule has 0 atom stereocenters. The minimum Gasteiger partial charge on any atom is -0.493 e. The molecule has 2 N–H and O–H groups in total. The molecular weight excluding hydrogens is 330 g/mol. The van der Waals surface area contributed by atoms with Crippen molar-refractivity contribution in [2.75, 3.05) is 33.9 Å². The summed E-state index contributed by atoms with van der Waals surface area (Å²) in [5, 5.41) is 10.9. The van der Waals surface area contributed by atoms with Gasteiger partial charge in [-0.3, -0.25) is 9.67 Å². The summed E-state index contributed by atoms with van der Waals surface area (Å²) in [5.41, 5.74) is 2.33. The maximum Gasteiger partial charge on any atom is 0.191 e. The summed E-state index contributed by atoms with van der Waals surface area (Å²) >= 11 is 0. The van der Waals surface area contributed by atoms with E-state index in [1.807, 2.05) is 42.2 Å². The Morgan fingerprint density at radius 2 is 2.00 bits per heavy atom. The Balaban J connectivity index is 1.85. The minimum absolute atomic E-state index is 0.686. The molecule has 0 aliphatic carbocycles. The van der Waals surface area contributed by atoms with Crippen LogP contribution in [0.4, 0.5) is 0 Å². The highest BCUT2D eigenvalue weighted by Crippen LogP contribution is 2.27. The van der Waals surface area contributed by atoms with E-state index in [1.54, 1.807) is 14.2 Å². The Morgan fingerprint density at radius 1 is 1.19 bits per heavy atom. The normalized spacial score (nSPS) is 11.3. The van der Waals surface area contributed by atoms with Gasteiger partial charge in [0.1, 0.15) is 0 Å². The number of nitrogens with zero attached hydrogens (tertiary/aromatic N) is 3. The van der Waals surface area contributed by atoms with Crippen molar-refractivity contribution in [2.45, 2.75) is 26.8 Å². The molecule has 0 amide bonds. The maximum absolute atomic E-state index is 5.35. The SMILES string of the molecule is CCNC(=NCCc1ccc(OC)c(OC)c1)NCCn1cc(C)cn1. The van der Waals surface area contributed by atoms with Gasteiger partial charge >= 0.3 is 0 Å². The molecule has 0 fully saturated rings. The molecule has 1 heterocycles. The van der Waals surface area contributed by atoms with Crippen LogP contribution in [0, 0.1) is 6.92 Å². The van der Waals surface area contributed by atoms with E-state index in [2.05, 4.69) is 27.6 Å². The molecule has 2 aromatic rings. The third kappa shape index (κ3) is 5.98. The second kappa shape index (κ2) is 10.3. The molecule has 1 aromatic heterocycles. The maximum atomic E-state index is 5.35. The predicted molar refractivity (Wildman–Crippen MR) is 104 cm³/mol. The number of hydrogen-bond acceptors (Lipinski definition) is 4. The molecule has 0 saturated carbocycles. The first-order chi connectivity index (χ1) is 12.7. The average molecular weight is 359 g/mol. The summed E-state index contributed by atoms with van der Waals surface area (Å²) in [4.78, 5) is 4.64. The standard InChI is InChI=1S/C19H29N5O2/c1-5-20-19(22-10-11-24-14-15(2)13-23-24)21-9-8-16-6-7-17(25-3)18(12-16)26-4/h6-7,12-14H,5,8-11H2,1-4H3,(H2,20,21,22). The molecule has 7 nitrogen and oxygen atoms in total. The van der Waals surface area contributed by atoms with Crippen LogP contribution in [0.5, 0.6) is 11.5 Å². The van der Waals surface area contributed by atoms with Gasteiger partial charge in [0.15, 0.2) is 17.5 Å². The zero-order valence-corrected chi connectivity index (χ0v) is 16.1.